The van der Waals surface area contributed by atoms with Crippen LogP contribution in [0.1, 0.15) is 53.4 Å². The van der Waals surface area contributed by atoms with Crippen molar-refractivity contribution < 1.29 is 0 Å². The molecule has 1 heteroatoms. The Kier molecular flexibility index (Phi) is 6.80. The first-order valence-electron chi connectivity index (χ1n) is 5.20. The molecule has 0 nitrogen and oxygen atoms in total. The average Bonchev–Trinajstić information content (AvgIpc) is 1.87. The highest BCUT2D eigenvalue weighted by Crippen LogP contribution is 2.22. The third kappa shape index (κ3) is 6.46. The van der Waals surface area contributed by atoms with Crippen molar-refractivity contribution in [3.05, 3.63) is 0 Å². The third-order valence-electron chi connectivity index (χ3n) is 2.20. The minimum Gasteiger partial charge on any atom is -0.0710 e. The van der Waals surface area contributed by atoms with Gasteiger partial charge in [0.1, 0.15) is 7.28 Å². The van der Waals surface area contributed by atoms with Crippen molar-refractivity contribution in [1.82, 2.24) is 0 Å². The molecule has 0 aromatic rings. The Labute approximate surface area is 73.0 Å². The first-order valence-corrected chi connectivity index (χ1v) is 5.20. The Morgan fingerprint density at radius 1 is 1.00 bits per heavy atom. The molecule has 0 saturated carbocycles. The van der Waals surface area contributed by atoms with E-state index in [9.17, 15) is 0 Å². The number of hydrogen-bond acceptors (Lipinski definition) is 0. The van der Waals surface area contributed by atoms with Gasteiger partial charge in [-0.1, -0.05) is 65.0 Å². The Morgan fingerprint density at radius 2 is 1.45 bits per heavy atom. The van der Waals surface area contributed by atoms with E-state index < -0.39 is 0 Å². The molecule has 0 bridgehead atoms. The van der Waals surface area contributed by atoms with Crippen LogP contribution in [0.25, 0.3) is 0 Å². The van der Waals surface area contributed by atoms with E-state index >= 15 is 0 Å². The summed E-state index contributed by atoms with van der Waals surface area (Å²) in [6, 6.07) is 0. The van der Waals surface area contributed by atoms with Crippen LogP contribution in [0.5, 0.6) is 0 Å². The van der Waals surface area contributed by atoms with Crippen molar-refractivity contribution in [1.29, 1.82) is 0 Å². The lowest BCUT2D eigenvalue weighted by molar-refractivity contribution is 0.642. The zero-order valence-electron chi connectivity index (χ0n) is 8.69. The molecule has 0 radical (unpaired) electrons. The van der Waals surface area contributed by atoms with Gasteiger partial charge in [0.15, 0.2) is 0 Å². The van der Waals surface area contributed by atoms with E-state index in [0.29, 0.717) is 0 Å². The van der Waals surface area contributed by atoms with E-state index in [1.807, 2.05) is 0 Å². The molecule has 0 aromatic heterocycles. The molecule has 0 unspecified atom stereocenters. The Hall–Kier alpha value is 0.0649. The second-order valence-electron chi connectivity index (χ2n) is 4.07. The smallest absolute Gasteiger partial charge is 0.0710 e. The summed E-state index contributed by atoms with van der Waals surface area (Å²) in [5.74, 6) is 1.89. The monoisotopic (exact) mass is 154 g/mol. The van der Waals surface area contributed by atoms with Crippen molar-refractivity contribution in [3.63, 3.8) is 0 Å². The van der Waals surface area contributed by atoms with Gasteiger partial charge in [-0.2, -0.15) is 0 Å². The minimum atomic E-state index is 0.887. The highest BCUT2D eigenvalue weighted by atomic mass is 14.0. The van der Waals surface area contributed by atoms with Crippen LogP contribution in [0, 0.1) is 0 Å². The molecular formula is C10H23B. The van der Waals surface area contributed by atoms with Crippen molar-refractivity contribution in [2.24, 2.45) is 0 Å². The van der Waals surface area contributed by atoms with Gasteiger partial charge >= 0.3 is 0 Å². The van der Waals surface area contributed by atoms with Crippen molar-refractivity contribution >= 4 is 7.28 Å². The molecule has 0 aromatic carbocycles. The fourth-order valence-electron chi connectivity index (χ4n) is 1.86. The maximum absolute atomic E-state index is 2.33. The first-order chi connectivity index (χ1) is 5.20. The van der Waals surface area contributed by atoms with Crippen LogP contribution in [0.2, 0.25) is 11.6 Å². The molecule has 0 amide bonds. The summed E-state index contributed by atoms with van der Waals surface area (Å²) in [5.41, 5.74) is 0. The first kappa shape index (κ1) is 11.1. The van der Waals surface area contributed by atoms with Crippen LogP contribution >= 0.6 is 0 Å². The molecule has 0 heterocycles. The summed E-state index contributed by atoms with van der Waals surface area (Å²) in [6.45, 7) is 9.25. The topological polar surface area (TPSA) is 0 Å². The van der Waals surface area contributed by atoms with Gasteiger partial charge in [0.05, 0.1) is 0 Å². The SMILES string of the molecule is CCCC(BC(C)C)CCC. The fraction of sp³-hybridized carbons (Fsp3) is 1.00. The van der Waals surface area contributed by atoms with E-state index in [0.717, 1.165) is 11.6 Å². The van der Waals surface area contributed by atoms with Crippen molar-refractivity contribution in [2.45, 2.75) is 65.0 Å². The molecule has 0 N–H and O–H groups in total. The summed E-state index contributed by atoms with van der Waals surface area (Å²) in [4.78, 5) is 0. The van der Waals surface area contributed by atoms with Crippen LogP contribution in [0.15, 0.2) is 0 Å². The fourth-order valence-corrected chi connectivity index (χ4v) is 1.86. The Morgan fingerprint density at radius 3 is 1.73 bits per heavy atom. The highest BCUT2D eigenvalue weighted by Gasteiger charge is 2.10. The lowest BCUT2D eigenvalue weighted by Crippen LogP contribution is -2.06. The molecule has 0 aliphatic rings. The minimum absolute atomic E-state index is 0.887. The van der Waals surface area contributed by atoms with E-state index in [4.69, 9.17) is 0 Å². The van der Waals surface area contributed by atoms with E-state index in [1.165, 1.54) is 33.0 Å². The van der Waals surface area contributed by atoms with Crippen LogP contribution < -0.4 is 0 Å². The predicted molar refractivity (Wildman–Crippen MR) is 55.8 cm³/mol. The number of rotatable bonds is 6. The molecule has 0 spiro atoms. The number of hydrogen-bond donors (Lipinski definition) is 0. The van der Waals surface area contributed by atoms with Crippen LogP contribution in [-0.2, 0) is 0 Å². The molecule has 0 rings (SSSR count). The van der Waals surface area contributed by atoms with E-state index in [1.54, 1.807) is 0 Å². The maximum Gasteiger partial charge on any atom is 0.126 e. The van der Waals surface area contributed by atoms with Gasteiger partial charge in [-0.3, -0.25) is 0 Å². The third-order valence-corrected chi connectivity index (χ3v) is 2.20. The van der Waals surface area contributed by atoms with Crippen LogP contribution in [0.4, 0.5) is 0 Å². The molecule has 0 atom stereocenters. The molecule has 66 valence electrons. The lowest BCUT2D eigenvalue weighted by atomic mass is 9.54. The summed E-state index contributed by atoms with van der Waals surface area (Å²) in [6.07, 6.45) is 5.59. The zero-order valence-corrected chi connectivity index (χ0v) is 8.69. The lowest BCUT2D eigenvalue weighted by Gasteiger charge is -2.15. The van der Waals surface area contributed by atoms with Gasteiger partial charge < -0.3 is 0 Å². The Bertz CT molecular complexity index is 72.9. The molecule has 0 aliphatic carbocycles. The van der Waals surface area contributed by atoms with Gasteiger partial charge in [-0.05, 0) is 0 Å². The van der Waals surface area contributed by atoms with Gasteiger partial charge in [0.2, 0.25) is 0 Å². The zero-order chi connectivity index (χ0) is 8.69. The maximum atomic E-state index is 2.33. The average molecular weight is 154 g/mol. The molecular weight excluding hydrogens is 131 g/mol. The summed E-state index contributed by atoms with van der Waals surface area (Å²) in [7, 11) is 1.43. The molecule has 0 saturated heterocycles. The summed E-state index contributed by atoms with van der Waals surface area (Å²) >= 11 is 0. The molecule has 0 aliphatic heterocycles. The van der Waals surface area contributed by atoms with Gasteiger partial charge in [0.25, 0.3) is 0 Å². The standard InChI is InChI=1S/C10H23B/c1-5-7-10(8-6-2)11-9(3)4/h9-11H,5-8H2,1-4H3. The predicted octanol–water partition coefficient (Wildman–Crippen LogP) is 3.64. The summed E-state index contributed by atoms with van der Waals surface area (Å²) in [5, 5.41) is 0. The van der Waals surface area contributed by atoms with Gasteiger partial charge in [0, 0.05) is 0 Å². The van der Waals surface area contributed by atoms with Gasteiger partial charge in [-0.15, -0.1) is 0 Å². The van der Waals surface area contributed by atoms with E-state index in [2.05, 4.69) is 27.7 Å². The largest absolute Gasteiger partial charge is 0.126 e. The van der Waals surface area contributed by atoms with Crippen molar-refractivity contribution in [3.8, 4) is 0 Å². The molecule has 11 heavy (non-hydrogen) atoms. The Balaban J connectivity index is 3.50. The second kappa shape index (κ2) is 6.76. The quantitative estimate of drug-likeness (QED) is 0.512. The molecule has 0 fully saturated rings. The summed E-state index contributed by atoms with van der Waals surface area (Å²) < 4.78 is 0. The second-order valence-corrected chi connectivity index (χ2v) is 4.07. The van der Waals surface area contributed by atoms with Gasteiger partial charge in [-0.25, -0.2) is 0 Å². The van der Waals surface area contributed by atoms with Crippen LogP contribution in [0.3, 0.4) is 0 Å². The van der Waals surface area contributed by atoms with Crippen LogP contribution in [-0.4, -0.2) is 7.28 Å². The highest BCUT2D eigenvalue weighted by molar-refractivity contribution is 6.39. The van der Waals surface area contributed by atoms with E-state index in [-0.39, 0.29) is 0 Å². The normalized spacial score (nSPS) is 11.1. The van der Waals surface area contributed by atoms with Crippen molar-refractivity contribution in [2.75, 3.05) is 0 Å².